The number of rotatable bonds is 5. The number of carbonyl (C=O) groups excluding carboxylic acids is 2. The van der Waals surface area contributed by atoms with E-state index < -0.39 is 23.4 Å². The maximum Gasteiger partial charge on any atom is 0.359 e. The fourth-order valence-electron chi connectivity index (χ4n) is 1.62. The number of ether oxygens (including phenoxy) is 1. The van der Waals surface area contributed by atoms with Gasteiger partial charge in [-0.1, -0.05) is 23.2 Å². The van der Waals surface area contributed by atoms with Crippen molar-refractivity contribution in [1.82, 2.24) is 4.98 Å². The van der Waals surface area contributed by atoms with Crippen LogP contribution in [-0.4, -0.2) is 28.4 Å². The molecule has 0 atom stereocenters. The average Bonchev–Trinajstić information content (AvgIpc) is 2.55. The number of aromatic nitrogens is 1. The van der Waals surface area contributed by atoms with Crippen molar-refractivity contribution in [2.24, 2.45) is 0 Å². The van der Waals surface area contributed by atoms with Crippen LogP contribution in [0, 0.1) is 10.1 Å². The Kier molecular flexibility index (Phi) is 5.67. The molecule has 0 unspecified atom stereocenters. The van der Waals surface area contributed by atoms with Crippen molar-refractivity contribution in [3.05, 3.63) is 62.4 Å². The van der Waals surface area contributed by atoms with E-state index in [9.17, 15) is 19.7 Å². The molecule has 0 saturated carbocycles. The molecule has 0 radical (unpaired) electrons. The summed E-state index contributed by atoms with van der Waals surface area (Å²) < 4.78 is 4.80. The SMILES string of the molecule is O=C(COC(=O)c1nc(Cl)ccc1Cl)Nc1ccc([N+](=O)[O-])cc1. The van der Waals surface area contributed by atoms with E-state index in [1.807, 2.05) is 0 Å². The van der Waals surface area contributed by atoms with Gasteiger partial charge < -0.3 is 10.1 Å². The van der Waals surface area contributed by atoms with Crippen LogP contribution in [0.2, 0.25) is 10.2 Å². The van der Waals surface area contributed by atoms with Gasteiger partial charge in [0.2, 0.25) is 0 Å². The van der Waals surface area contributed by atoms with E-state index in [0.717, 1.165) is 0 Å². The van der Waals surface area contributed by atoms with Gasteiger partial charge in [-0.2, -0.15) is 0 Å². The third kappa shape index (κ3) is 4.64. The molecule has 1 amide bonds. The van der Waals surface area contributed by atoms with Crippen LogP contribution in [0.5, 0.6) is 0 Å². The summed E-state index contributed by atoms with van der Waals surface area (Å²) in [5.74, 6) is -1.53. The summed E-state index contributed by atoms with van der Waals surface area (Å²) in [6.07, 6.45) is 0. The van der Waals surface area contributed by atoms with E-state index in [4.69, 9.17) is 27.9 Å². The molecule has 1 heterocycles. The normalized spacial score (nSPS) is 10.1. The molecular formula is C14H9Cl2N3O5. The summed E-state index contributed by atoms with van der Waals surface area (Å²) in [6.45, 7) is -0.583. The maximum absolute atomic E-state index is 11.8. The van der Waals surface area contributed by atoms with Crippen molar-refractivity contribution in [2.75, 3.05) is 11.9 Å². The van der Waals surface area contributed by atoms with Crippen LogP contribution in [0.3, 0.4) is 0 Å². The Morgan fingerprint density at radius 2 is 1.83 bits per heavy atom. The smallest absolute Gasteiger partial charge is 0.359 e. The van der Waals surface area contributed by atoms with Crippen LogP contribution in [-0.2, 0) is 9.53 Å². The molecule has 0 aliphatic rings. The van der Waals surface area contributed by atoms with Gasteiger partial charge in [-0.15, -0.1) is 0 Å². The molecule has 0 bridgehead atoms. The summed E-state index contributed by atoms with van der Waals surface area (Å²) in [5.41, 5.74) is 0.00830. The van der Waals surface area contributed by atoms with Gasteiger partial charge >= 0.3 is 5.97 Å². The number of hydrogen-bond donors (Lipinski definition) is 1. The van der Waals surface area contributed by atoms with E-state index in [2.05, 4.69) is 10.3 Å². The van der Waals surface area contributed by atoms with Gasteiger partial charge in [-0.05, 0) is 24.3 Å². The van der Waals surface area contributed by atoms with Gasteiger partial charge in [0.1, 0.15) is 5.15 Å². The van der Waals surface area contributed by atoms with Crippen molar-refractivity contribution in [1.29, 1.82) is 0 Å². The molecule has 1 aromatic carbocycles. The first-order valence-corrected chi connectivity index (χ1v) is 7.16. The minimum atomic E-state index is -0.902. The third-order valence-electron chi connectivity index (χ3n) is 2.70. The highest BCUT2D eigenvalue weighted by molar-refractivity contribution is 6.34. The number of nitro benzene ring substituents is 1. The lowest BCUT2D eigenvalue weighted by Gasteiger charge is -2.07. The maximum atomic E-state index is 11.8. The largest absolute Gasteiger partial charge is 0.451 e. The topological polar surface area (TPSA) is 111 Å². The van der Waals surface area contributed by atoms with Crippen LogP contribution < -0.4 is 5.32 Å². The molecule has 0 saturated heterocycles. The first-order chi connectivity index (χ1) is 11.4. The van der Waals surface area contributed by atoms with Crippen molar-refractivity contribution in [3.8, 4) is 0 Å². The minimum absolute atomic E-state index is 0.0418. The van der Waals surface area contributed by atoms with E-state index in [1.165, 1.54) is 36.4 Å². The number of halogens is 2. The Labute approximate surface area is 145 Å². The molecule has 2 aromatic rings. The second-order valence-electron chi connectivity index (χ2n) is 4.39. The Morgan fingerprint density at radius 3 is 2.46 bits per heavy atom. The first kappa shape index (κ1) is 17.6. The molecule has 8 nitrogen and oxygen atoms in total. The molecule has 1 aromatic heterocycles. The van der Waals surface area contributed by atoms with Gasteiger partial charge in [0, 0.05) is 17.8 Å². The predicted molar refractivity (Wildman–Crippen MR) is 86.3 cm³/mol. The third-order valence-corrected chi connectivity index (χ3v) is 3.22. The number of esters is 1. The molecule has 2 rings (SSSR count). The lowest BCUT2D eigenvalue weighted by molar-refractivity contribution is -0.384. The number of nitrogens with zero attached hydrogens (tertiary/aromatic N) is 2. The number of hydrogen-bond acceptors (Lipinski definition) is 6. The number of amides is 1. The van der Waals surface area contributed by atoms with Gasteiger partial charge in [0.25, 0.3) is 11.6 Å². The van der Waals surface area contributed by atoms with Crippen molar-refractivity contribution >= 4 is 46.5 Å². The molecule has 24 heavy (non-hydrogen) atoms. The zero-order chi connectivity index (χ0) is 17.7. The fraction of sp³-hybridized carbons (Fsp3) is 0.0714. The summed E-state index contributed by atoms with van der Waals surface area (Å²) in [7, 11) is 0. The summed E-state index contributed by atoms with van der Waals surface area (Å²) in [4.78, 5) is 37.2. The van der Waals surface area contributed by atoms with E-state index >= 15 is 0 Å². The average molecular weight is 370 g/mol. The lowest BCUT2D eigenvalue weighted by Crippen LogP contribution is -2.21. The minimum Gasteiger partial charge on any atom is -0.451 e. The van der Waals surface area contributed by atoms with Gasteiger partial charge in [-0.25, -0.2) is 9.78 Å². The zero-order valence-electron chi connectivity index (χ0n) is 11.9. The Balaban J connectivity index is 1.92. The molecule has 0 spiro atoms. The van der Waals surface area contributed by atoms with Crippen molar-refractivity contribution in [3.63, 3.8) is 0 Å². The highest BCUT2D eigenvalue weighted by Crippen LogP contribution is 2.18. The fourth-order valence-corrected chi connectivity index (χ4v) is 1.95. The molecule has 124 valence electrons. The number of carbonyl (C=O) groups is 2. The molecule has 0 fully saturated rings. The van der Waals surface area contributed by atoms with Gasteiger partial charge in [0.15, 0.2) is 12.3 Å². The van der Waals surface area contributed by atoms with Crippen molar-refractivity contribution < 1.29 is 19.2 Å². The summed E-state index contributed by atoms with van der Waals surface area (Å²) in [6, 6.07) is 7.96. The molecular weight excluding hydrogens is 361 g/mol. The van der Waals surface area contributed by atoms with Crippen LogP contribution in [0.1, 0.15) is 10.5 Å². The van der Waals surface area contributed by atoms with Crippen LogP contribution in [0.4, 0.5) is 11.4 Å². The highest BCUT2D eigenvalue weighted by atomic mass is 35.5. The first-order valence-electron chi connectivity index (χ1n) is 6.40. The van der Waals surface area contributed by atoms with E-state index in [1.54, 1.807) is 0 Å². The van der Waals surface area contributed by atoms with Gasteiger partial charge in [0.05, 0.1) is 9.95 Å². The number of nitrogens with one attached hydrogen (secondary N) is 1. The number of pyridine rings is 1. The number of anilines is 1. The lowest BCUT2D eigenvalue weighted by atomic mass is 10.3. The van der Waals surface area contributed by atoms with Crippen molar-refractivity contribution in [2.45, 2.75) is 0 Å². The monoisotopic (exact) mass is 369 g/mol. The standard InChI is InChI=1S/C14H9Cl2N3O5/c15-10-5-6-11(16)18-13(10)14(21)24-7-12(20)17-8-1-3-9(4-2-8)19(22)23/h1-6H,7H2,(H,17,20). The summed E-state index contributed by atoms with van der Waals surface area (Å²) in [5, 5.41) is 13.1. The van der Waals surface area contributed by atoms with Crippen LogP contribution in [0.25, 0.3) is 0 Å². The highest BCUT2D eigenvalue weighted by Gasteiger charge is 2.16. The quantitative estimate of drug-likeness (QED) is 0.375. The number of non-ortho nitro benzene ring substituents is 1. The van der Waals surface area contributed by atoms with E-state index in [-0.39, 0.29) is 21.6 Å². The predicted octanol–water partition coefficient (Wildman–Crippen LogP) is 3.09. The Hall–Kier alpha value is -2.71. The second-order valence-corrected chi connectivity index (χ2v) is 5.19. The second kappa shape index (κ2) is 7.71. The molecule has 1 N–H and O–H groups in total. The molecule has 0 aliphatic heterocycles. The van der Waals surface area contributed by atoms with Gasteiger partial charge in [-0.3, -0.25) is 14.9 Å². The van der Waals surface area contributed by atoms with Crippen LogP contribution >= 0.6 is 23.2 Å². The molecule has 0 aliphatic carbocycles. The number of nitro groups is 1. The molecule has 10 heteroatoms. The summed E-state index contributed by atoms with van der Waals surface area (Å²) >= 11 is 11.5. The zero-order valence-corrected chi connectivity index (χ0v) is 13.4. The Morgan fingerprint density at radius 1 is 1.17 bits per heavy atom. The Bertz CT molecular complexity index is 795. The number of benzene rings is 1. The van der Waals surface area contributed by atoms with E-state index in [0.29, 0.717) is 5.69 Å². The van der Waals surface area contributed by atoms with Crippen LogP contribution in [0.15, 0.2) is 36.4 Å².